The summed E-state index contributed by atoms with van der Waals surface area (Å²) in [6.07, 6.45) is 0. The van der Waals surface area contributed by atoms with E-state index < -0.39 is 0 Å². The van der Waals surface area contributed by atoms with Gasteiger partial charge in [-0.1, -0.05) is 19.1 Å². The average Bonchev–Trinajstić information content (AvgIpc) is 2.42. The number of nitrogens with zero attached hydrogens (tertiary/aromatic N) is 1. The quantitative estimate of drug-likeness (QED) is 0.698. The van der Waals surface area contributed by atoms with Crippen LogP contribution in [-0.4, -0.2) is 42.9 Å². The highest BCUT2D eigenvalue weighted by molar-refractivity contribution is 5.45. The molecule has 0 spiro atoms. The lowest BCUT2D eigenvalue weighted by molar-refractivity contribution is 0.112. The third kappa shape index (κ3) is 5.09. The second kappa shape index (κ2) is 8.77. The molecule has 19 heavy (non-hydrogen) atoms. The summed E-state index contributed by atoms with van der Waals surface area (Å²) in [6.45, 7) is 10.5. The Morgan fingerprint density at radius 2 is 1.95 bits per heavy atom. The van der Waals surface area contributed by atoms with Crippen LogP contribution in [0.2, 0.25) is 0 Å². The van der Waals surface area contributed by atoms with Crippen molar-refractivity contribution in [2.45, 2.75) is 27.3 Å². The molecule has 0 radical (unpaired) electrons. The first kappa shape index (κ1) is 15.8. The highest BCUT2D eigenvalue weighted by Crippen LogP contribution is 2.30. The van der Waals surface area contributed by atoms with Crippen LogP contribution in [0.3, 0.4) is 0 Å². The van der Waals surface area contributed by atoms with Crippen LogP contribution in [0.4, 0.5) is 0 Å². The van der Waals surface area contributed by atoms with E-state index in [4.69, 9.17) is 9.47 Å². The molecule has 0 aromatic heterocycles. The minimum absolute atomic E-state index is 0.249. The molecule has 0 aliphatic heterocycles. The van der Waals surface area contributed by atoms with Crippen molar-refractivity contribution in [3.8, 4) is 11.5 Å². The van der Waals surface area contributed by atoms with Crippen LogP contribution in [-0.2, 0) is 11.3 Å². The number of likely N-dealkylation sites (N-methyl/N-ethyl adjacent to an activating group) is 1. The standard InChI is InChI=1S/C15H25NO3/c1-4-16(10-11-18-5-2)12-13-8-7-9-14(15(13)17)19-6-3/h7-9,17H,4-6,10-12H2,1-3H3. The Morgan fingerprint density at radius 3 is 2.58 bits per heavy atom. The predicted octanol–water partition coefficient (Wildman–Crippen LogP) is 2.65. The predicted molar refractivity (Wildman–Crippen MR) is 76.7 cm³/mol. The van der Waals surface area contributed by atoms with Gasteiger partial charge in [-0.3, -0.25) is 4.90 Å². The number of ether oxygens (including phenoxy) is 2. The fourth-order valence-corrected chi connectivity index (χ4v) is 1.90. The highest BCUT2D eigenvalue weighted by atomic mass is 16.5. The average molecular weight is 267 g/mol. The van der Waals surface area contributed by atoms with Crippen molar-refractivity contribution < 1.29 is 14.6 Å². The second-order valence-electron chi connectivity index (χ2n) is 4.26. The first-order chi connectivity index (χ1) is 9.22. The van der Waals surface area contributed by atoms with E-state index >= 15 is 0 Å². The number of para-hydroxylation sites is 1. The number of rotatable bonds is 9. The molecule has 0 fully saturated rings. The number of benzene rings is 1. The van der Waals surface area contributed by atoms with E-state index in [9.17, 15) is 5.11 Å². The molecule has 1 aromatic rings. The topological polar surface area (TPSA) is 41.9 Å². The van der Waals surface area contributed by atoms with Gasteiger partial charge in [0.15, 0.2) is 11.5 Å². The molecule has 0 atom stereocenters. The molecule has 0 amide bonds. The van der Waals surface area contributed by atoms with Gasteiger partial charge in [-0.2, -0.15) is 0 Å². The van der Waals surface area contributed by atoms with Gasteiger partial charge in [0.1, 0.15) is 0 Å². The van der Waals surface area contributed by atoms with Crippen molar-refractivity contribution >= 4 is 0 Å². The molecule has 0 aliphatic carbocycles. The van der Waals surface area contributed by atoms with E-state index in [1.807, 2.05) is 26.0 Å². The first-order valence-electron chi connectivity index (χ1n) is 6.96. The summed E-state index contributed by atoms with van der Waals surface area (Å²) in [7, 11) is 0. The van der Waals surface area contributed by atoms with Crippen LogP contribution in [0.25, 0.3) is 0 Å². The largest absolute Gasteiger partial charge is 0.504 e. The van der Waals surface area contributed by atoms with E-state index in [0.29, 0.717) is 18.9 Å². The van der Waals surface area contributed by atoms with E-state index in [2.05, 4.69) is 11.8 Å². The number of phenols is 1. The fourth-order valence-electron chi connectivity index (χ4n) is 1.90. The van der Waals surface area contributed by atoms with Crippen LogP contribution < -0.4 is 4.74 Å². The molecule has 1 N–H and O–H groups in total. The van der Waals surface area contributed by atoms with Gasteiger partial charge in [-0.15, -0.1) is 0 Å². The Balaban J connectivity index is 2.65. The molecule has 0 bridgehead atoms. The Kier molecular flexibility index (Phi) is 7.30. The van der Waals surface area contributed by atoms with Gasteiger partial charge in [0, 0.05) is 25.3 Å². The van der Waals surface area contributed by atoms with Crippen LogP contribution in [0, 0.1) is 0 Å². The molecule has 0 aliphatic rings. The minimum Gasteiger partial charge on any atom is -0.504 e. The van der Waals surface area contributed by atoms with Crippen molar-refractivity contribution in [3.63, 3.8) is 0 Å². The van der Waals surface area contributed by atoms with Gasteiger partial charge in [-0.05, 0) is 26.5 Å². The summed E-state index contributed by atoms with van der Waals surface area (Å²) >= 11 is 0. The molecule has 0 unspecified atom stereocenters. The van der Waals surface area contributed by atoms with E-state index in [1.165, 1.54) is 0 Å². The Morgan fingerprint density at radius 1 is 1.16 bits per heavy atom. The number of hydrogen-bond donors (Lipinski definition) is 1. The van der Waals surface area contributed by atoms with E-state index in [1.54, 1.807) is 6.07 Å². The van der Waals surface area contributed by atoms with Crippen LogP contribution in [0.5, 0.6) is 11.5 Å². The van der Waals surface area contributed by atoms with Crippen molar-refractivity contribution in [1.29, 1.82) is 0 Å². The number of aromatic hydroxyl groups is 1. The molecular formula is C15H25NO3. The summed E-state index contributed by atoms with van der Waals surface area (Å²) in [5.74, 6) is 0.806. The lowest BCUT2D eigenvalue weighted by Gasteiger charge is -2.21. The van der Waals surface area contributed by atoms with Crippen LogP contribution >= 0.6 is 0 Å². The lowest BCUT2D eigenvalue weighted by Crippen LogP contribution is -2.27. The summed E-state index contributed by atoms with van der Waals surface area (Å²) in [6, 6.07) is 5.64. The third-order valence-electron chi connectivity index (χ3n) is 2.98. The Labute approximate surface area is 115 Å². The van der Waals surface area contributed by atoms with Crippen LogP contribution in [0.15, 0.2) is 18.2 Å². The van der Waals surface area contributed by atoms with Gasteiger partial charge < -0.3 is 14.6 Å². The zero-order valence-corrected chi connectivity index (χ0v) is 12.2. The van der Waals surface area contributed by atoms with Crippen molar-refractivity contribution in [2.24, 2.45) is 0 Å². The molecule has 1 rings (SSSR count). The zero-order valence-electron chi connectivity index (χ0n) is 12.2. The summed E-state index contributed by atoms with van der Waals surface area (Å²) in [4.78, 5) is 2.24. The maximum Gasteiger partial charge on any atom is 0.162 e. The van der Waals surface area contributed by atoms with Crippen molar-refractivity contribution in [3.05, 3.63) is 23.8 Å². The fraction of sp³-hybridized carbons (Fsp3) is 0.600. The lowest BCUT2D eigenvalue weighted by atomic mass is 10.1. The van der Waals surface area contributed by atoms with E-state index in [0.717, 1.165) is 31.9 Å². The number of hydrogen-bond acceptors (Lipinski definition) is 4. The highest BCUT2D eigenvalue weighted by Gasteiger charge is 2.11. The van der Waals surface area contributed by atoms with Crippen LogP contribution in [0.1, 0.15) is 26.3 Å². The van der Waals surface area contributed by atoms with Gasteiger partial charge >= 0.3 is 0 Å². The molecular weight excluding hydrogens is 242 g/mol. The summed E-state index contributed by atoms with van der Waals surface area (Å²) in [5, 5.41) is 10.2. The summed E-state index contributed by atoms with van der Waals surface area (Å²) in [5.41, 5.74) is 0.893. The number of phenolic OH excluding ortho intramolecular Hbond substituents is 1. The normalized spacial score (nSPS) is 10.9. The van der Waals surface area contributed by atoms with Gasteiger partial charge in [-0.25, -0.2) is 0 Å². The first-order valence-corrected chi connectivity index (χ1v) is 6.96. The monoisotopic (exact) mass is 267 g/mol. The van der Waals surface area contributed by atoms with Gasteiger partial charge in [0.05, 0.1) is 13.2 Å². The van der Waals surface area contributed by atoms with Gasteiger partial charge in [0.25, 0.3) is 0 Å². The zero-order chi connectivity index (χ0) is 14.1. The molecule has 108 valence electrons. The van der Waals surface area contributed by atoms with E-state index in [-0.39, 0.29) is 5.75 Å². The SMILES string of the molecule is CCOCCN(CC)Cc1cccc(OCC)c1O. The Bertz CT molecular complexity index is 368. The molecule has 0 saturated carbocycles. The smallest absolute Gasteiger partial charge is 0.162 e. The molecule has 4 heteroatoms. The minimum atomic E-state index is 0.249. The maximum absolute atomic E-state index is 10.2. The third-order valence-corrected chi connectivity index (χ3v) is 2.98. The van der Waals surface area contributed by atoms with Crippen molar-refractivity contribution in [2.75, 3.05) is 32.9 Å². The van der Waals surface area contributed by atoms with Gasteiger partial charge in [0.2, 0.25) is 0 Å². The second-order valence-corrected chi connectivity index (χ2v) is 4.26. The molecule has 0 saturated heterocycles. The maximum atomic E-state index is 10.2. The molecule has 0 heterocycles. The Hall–Kier alpha value is -1.26. The summed E-state index contributed by atoms with van der Waals surface area (Å²) < 4.78 is 10.8. The molecule has 1 aromatic carbocycles. The molecule has 4 nitrogen and oxygen atoms in total. The van der Waals surface area contributed by atoms with Crippen molar-refractivity contribution in [1.82, 2.24) is 4.90 Å².